The summed E-state index contributed by atoms with van der Waals surface area (Å²) in [4.78, 5) is 15.4. The monoisotopic (exact) mass is 334 g/mol. The third kappa shape index (κ3) is 2.18. The third-order valence-electron chi connectivity index (χ3n) is 2.74. The van der Waals surface area contributed by atoms with E-state index < -0.39 is 5.82 Å². The molecule has 0 saturated carbocycles. The zero-order valence-corrected chi connectivity index (χ0v) is 11.7. The molecule has 0 unspecified atom stereocenters. The SMILES string of the molecule is O=Cc1c(Oc2cc(Br)ccc2F)nc2ccccn12. The van der Waals surface area contributed by atoms with E-state index in [0.717, 1.165) is 0 Å². The van der Waals surface area contributed by atoms with Gasteiger partial charge in [0.25, 0.3) is 0 Å². The number of nitrogens with zero attached hydrogens (tertiary/aromatic N) is 2. The summed E-state index contributed by atoms with van der Waals surface area (Å²) in [6, 6.07) is 9.61. The van der Waals surface area contributed by atoms with Crippen LogP contribution in [-0.4, -0.2) is 15.7 Å². The number of carbonyl (C=O) groups is 1. The van der Waals surface area contributed by atoms with E-state index in [1.54, 1.807) is 34.9 Å². The summed E-state index contributed by atoms with van der Waals surface area (Å²) in [6.07, 6.45) is 2.32. The number of halogens is 2. The van der Waals surface area contributed by atoms with Crippen molar-refractivity contribution in [2.75, 3.05) is 0 Å². The van der Waals surface area contributed by atoms with Crippen molar-refractivity contribution in [3.63, 3.8) is 0 Å². The summed E-state index contributed by atoms with van der Waals surface area (Å²) >= 11 is 3.24. The Morgan fingerprint density at radius 3 is 2.95 bits per heavy atom. The summed E-state index contributed by atoms with van der Waals surface area (Å²) in [5.74, 6) is -0.448. The van der Waals surface area contributed by atoms with Gasteiger partial charge >= 0.3 is 0 Å². The highest BCUT2D eigenvalue weighted by Crippen LogP contribution is 2.29. The second kappa shape index (κ2) is 5.05. The van der Waals surface area contributed by atoms with Crippen molar-refractivity contribution < 1.29 is 13.9 Å². The third-order valence-corrected chi connectivity index (χ3v) is 3.24. The van der Waals surface area contributed by atoms with E-state index in [1.165, 1.54) is 12.1 Å². The van der Waals surface area contributed by atoms with E-state index >= 15 is 0 Å². The Kier molecular flexibility index (Phi) is 3.23. The average Bonchev–Trinajstić information content (AvgIpc) is 2.80. The fraction of sp³-hybridized carbons (Fsp3) is 0. The van der Waals surface area contributed by atoms with Crippen LogP contribution in [0.1, 0.15) is 10.5 Å². The minimum Gasteiger partial charge on any atom is -0.434 e. The van der Waals surface area contributed by atoms with E-state index in [-0.39, 0.29) is 17.3 Å². The topological polar surface area (TPSA) is 43.6 Å². The van der Waals surface area contributed by atoms with Gasteiger partial charge in [-0.3, -0.25) is 9.20 Å². The number of aldehydes is 1. The van der Waals surface area contributed by atoms with Gasteiger partial charge in [0.2, 0.25) is 5.88 Å². The number of pyridine rings is 1. The number of benzene rings is 1. The summed E-state index contributed by atoms with van der Waals surface area (Å²) in [5, 5.41) is 0. The van der Waals surface area contributed by atoms with Crippen LogP contribution in [0.25, 0.3) is 5.65 Å². The average molecular weight is 335 g/mol. The van der Waals surface area contributed by atoms with Crippen LogP contribution < -0.4 is 4.74 Å². The molecule has 0 bridgehead atoms. The molecule has 20 heavy (non-hydrogen) atoms. The first kappa shape index (κ1) is 12.8. The highest BCUT2D eigenvalue weighted by molar-refractivity contribution is 9.10. The Morgan fingerprint density at radius 2 is 2.15 bits per heavy atom. The van der Waals surface area contributed by atoms with Crippen LogP contribution >= 0.6 is 15.9 Å². The van der Waals surface area contributed by atoms with Crippen LogP contribution in [0.2, 0.25) is 0 Å². The summed E-state index contributed by atoms with van der Waals surface area (Å²) in [5.41, 5.74) is 0.792. The van der Waals surface area contributed by atoms with Crippen LogP contribution in [0.15, 0.2) is 47.1 Å². The summed E-state index contributed by atoms with van der Waals surface area (Å²) in [6.45, 7) is 0. The zero-order chi connectivity index (χ0) is 14.1. The minimum atomic E-state index is -0.526. The van der Waals surface area contributed by atoms with Crippen molar-refractivity contribution in [2.45, 2.75) is 0 Å². The van der Waals surface area contributed by atoms with Crippen molar-refractivity contribution in [3.05, 3.63) is 58.6 Å². The lowest BCUT2D eigenvalue weighted by Gasteiger charge is -2.04. The number of imidazole rings is 1. The Balaban J connectivity index is 2.10. The molecule has 1 aromatic carbocycles. The Labute approximate surface area is 121 Å². The van der Waals surface area contributed by atoms with Gasteiger partial charge in [0.05, 0.1) is 0 Å². The van der Waals surface area contributed by atoms with E-state index in [0.29, 0.717) is 16.4 Å². The highest BCUT2D eigenvalue weighted by atomic mass is 79.9. The molecule has 0 aliphatic carbocycles. The first-order valence-electron chi connectivity index (χ1n) is 5.74. The normalized spacial score (nSPS) is 10.7. The van der Waals surface area contributed by atoms with Gasteiger partial charge in [-0.05, 0) is 30.3 Å². The van der Waals surface area contributed by atoms with Crippen LogP contribution in [0.5, 0.6) is 11.6 Å². The van der Waals surface area contributed by atoms with E-state index in [2.05, 4.69) is 20.9 Å². The molecule has 0 spiro atoms. The van der Waals surface area contributed by atoms with Gasteiger partial charge in [-0.2, -0.15) is 4.98 Å². The molecule has 0 atom stereocenters. The molecule has 100 valence electrons. The van der Waals surface area contributed by atoms with Crippen LogP contribution in [0.3, 0.4) is 0 Å². The molecule has 0 amide bonds. The van der Waals surface area contributed by atoms with Crippen molar-refractivity contribution in [3.8, 4) is 11.6 Å². The molecule has 2 aromatic heterocycles. The van der Waals surface area contributed by atoms with Gasteiger partial charge in [-0.25, -0.2) is 4.39 Å². The van der Waals surface area contributed by atoms with Crippen molar-refractivity contribution >= 4 is 27.9 Å². The zero-order valence-electron chi connectivity index (χ0n) is 10.1. The number of carbonyl (C=O) groups excluding carboxylic acids is 1. The van der Waals surface area contributed by atoms with Crippen LogP contribution in [0, 0.1) is 5.82 Å². The van der Waals surface area contributed by atoms with Crippen molar-refractivity contribution in [2.24, 2.45) is 0 Å². The molecule has 0 N–H and O–H groups in total. The van der Waals surface area contributed by atoms with Crippen LogP contribution in [0.4, 0.5) is 4.39 Å². The van der Waals surface area contributed by atoms with Crippen molar-refractivity contribution in [1.29, 1.82) is 0 Å². The number of rotatable bonds is 3. The highest BCUT2D eigenvalue weighted by Gasteiger charge is 2.15. The fourth-order valence-corrected chi connectivity index (χ4v) is 2.18. The van der Waals surface area contributed by atoms with Gasteiger partial charge in [-0.15, -0.1) is 0 Å². The van der Waals surface area contributed by atoms with Crippen molar-refractivity contribution in [1.82, 2.24) is 9.38 Å². The predicted molar refractivity (Wildman–Crippen MR) is 74.8 cm³/mol. The number of hydrogen-bond acceptors (Lipinski definition) is 3. The molecule has 2 heterocycles. The molecule has 0 aliphatic heterocycles. The number of fused-ring (bicyclic) bond motifs is 1. The molecular weight excluding hydrogens is 327 g/mol. The molecule has 3 rings (SSSR count). The molecule has 0 saturated heterocycles. The van der Waals surface area contributed by atoms with Gasteiger partial charge in [0, 0.05) is 10.7 Å². The summed E-state index contributed by atoms with van der Waals surface area (Å²) in [7, 11) is 0. The maximum atomic E-state index is 13.7. The molecule has 3 aromatic rings. The number of ether oxygens (including phenoxy) is 1. The number of hydrogen-bond donors (Lipinski definition) is 0. The van der Waals surface area contributed by atoms with Gasteiger partial charge in [0.1, 0.15) is 5.65 Å². The fourth-order valence-electron chi connectivity index (χ4n) is 1.84. The quantitative estimate of drug-likeness (QED) is 0.683. The first-order chi connectivity index (χ1) is 9.69. The van der Waals surface area contributed by atoms with Gasteiger partial charge in [0.15, 0.2) is 23.5 Å². The second-order valence-corrected chi connectivity index (χ2v) is 4.94. The Bertz CT molecular complexity index is 801. The Morgan fingerprint density at radius 1 is 1.30 bits per heavy atom. The molecule has 0 fully saturated rings. The molecule has 4 nitrogen and oxygen atoms in total. The Hall–Kier alpha value is -2.21. The smallest absolute Gasteiger partial charge is 0.249 e. The first-order valence-corrected chi connectivity index (χ1v) is 6.53. The molecule has 6 heteroatoms. The van der Waals surface area contributed by atoms with Crippen LogP contribution in [-0.2, 0) is 0 Å². The number of aromatic nitrogens is 2. The maximum Gasteiger partial charge on any atom is 0.249 e. The molecule has 0 radical (unpaired) electrons. The molecule has 0 aliphatic rings. The largest absolute Gasteiger partial charge is 0.434 e. The standard InChI is InChI=1S/C14H8BrFN2O2/c15-9-4-5-10(16)12(7-9)20-14-11(8-19)18-6-2-1-3-13(18)17-14/h1-8H. The van der Waals surface area contributed by atoms with Gasteiger partial charge in [-0.1, -0.05) is 22.0 Å². The molecular formula is C14H8BrFN2O2. The lowest BCUT2D eigenvalue weighted by atomic mass is 10.3. The summed E-state index contributed by atoms with van der Waals surface area (Å²) < 4.78 is 21.4. The lowest BCUT2D eigenvalue weighted by Crippen LogP contribution is -1.94. The minimum absolute atomic E-state index is 0.00545. The lowest BCUT2D eigenvalue weighted by molar-refractivity contribution is 0.111. The predicted octanol–water partition coefficient (Wildman–Crippen LogP) is 3.84. The van der Waals surface area contributed by atoms with E-state index in [1.807, 2.05) is 0 Å². The second-order valence-electron chi connectivity index (χ2n) is 4.03. The maximum absolute atomic E-state index is 13.7. The van der Waals surface area contributed by atoms with E-state index in [9.17, 15) is 9.18 Å². The van der Waals surface area contributed by atoms with Gasteiger partial charge < -0.3 is 4.74 Å². The van der Waals surface area contributed by atoms with E-state index in [4.69, 9.17) is 4.74 Å².